The summed E-state index contributed by atoms with van der Waals surface area (Å²) >= 11 is 0. The molecule has 0 fully saturated rings. The maximum atomic E-state index is 14.1. The van der Waals surface area contributed by atoms with E-state index in [4.69, 9.17) is 18.5 Å². The maximum absolute atomic E-state index is 14.1. The number of hydrogen-bond donors (Lipinski definition) is 0. The molecule has 0 amide bonds. The second-order valence-corrected chi connectivity index (χ2v) is 7.84. The molecule has 0 N–H and O–H groups in total. The largest absolute Gasteiger partial charge is 0.399 e. The number of hydrogen-bond acceptors (Lipinski definition) is 5. The lowest BCUT2D eigenvalue weighted by Crippen LogP contribution is -2.25. The monoisotopic (exact) mass is 360 g/mol. The Morgan fingerprint density at radius 3 is 1.91 bits per heavy atom. The van der Waals surface area contributed by atoms with Crippen molar-refractivity contribution in [1.82, 2.24) is 0 Å². The Bertz CT molecular complexity index is 318. The van der Waals surface area contributed by atoms with Crippen molar-refractivity contribution in [3.8, 4) is 0 Å². The van der Waals surface area contributed by atoms with Crippen molar-refractivity contribution in [1.29, 1.82) is 0 Å². The zero-order chi connectivity index (χ0) is 17.1. The standard InChI is InChI=1S/C13H27F2O5PSi/c1-5-17-12(18-6-2)22-11-9-10-13(14,15)21(16,19-7-3)20-8-4/h12H,5-11H2,1-4H3. The summed E-state index contributed by atoms with van der Waals surface area (Å²) in [7, 11) is -4.15. The first-order chi connectivity index (χ1) is 10.4. The highest BCUT2D eigenvalue weighted by Crippen LogP contribution is 2.63. The Kier molecular flexibility index (Phi) is 11.7. The molecule has 0 aliphatic rings. The molecular weight excluding hydrogens is 333 g/mol. The van der Waals surface area contributed by atoms with Crippen LogP contribution in [0.2, 0.25) is 6.04 Å². The SMILES string of the molecule is CCOC(OCC)[Si]CCCC(F)(F)P(=O)(OCC)OCC. The van der Waals surface area contributed by atoms with E-state index < -0.39 is 19.7 Å². The molecule has 0 aromatic heterocycles. The molecule has 0 atom stereocenters. The third-order valence-electron chi connectivity index (χ3n) is 2.60. The molecule has 0 rings (SSSR count). The lowest BCUT2D eigenvalue weighted by atomic mass is 10.3. The van der Waals surface area contributed by atoms with E-state index in [0.717, 1.165) is 0 Å². The van der Waals surface area contributed by atoms with E-state index in [-0.39, 0.29) is 35.1 Å². The summed E-state index contributed by atoms with van der Waals surface area (Å²) in [6, 6.07) is 0.512. The predicted molar refractivity (Wildman–Crippen MR) is 82.6 cm³/mol. The molecule has 0 aromatic carbocycles. The molecule has 9 heteroatoms. The molecule has 0 aliphatic carbocycles. The van der Waals surface area contributed by atoms with Crippen LogP contribution in [0.25, 0.3) is 0 Å². The first kappa shape index (κ1) is 22.1. The van der Waals surface area contributed by atoms with Crippen LogP contribution >= 0.6 is 7.60 Å². The van der Waals surface area contributed by atoms with Gasteiger partial charge in [0.15, 0.2) is 0 Å². The highest BCUT2D eigenvalue weighted by atomic mass is 31.2. The van der Waals surface area contributed by atoms with Gasteiger partial charge in [-0.05, 0) is 34.1 Å². The third kappa shape index (κ3) is 7.61. The van der Waals surface area contributed by atoms with Crippen LogP contribution in [0.15, 0.2) is 0 Å². The van der Waals surface area contributed by atoms with Gasteiger partial charge in [0, 0.05) is 19.6 Å². The van der Waals surface area contributed by atoms with Crippen LogP contribution in [0.1, 0.15) is 40.5 Å². The Labute approximate surface area is 134 Å². The molecule has 2 radical (unpaired) electrons. The minimum atomic E-state index is -4.40. The Morgan fingerprint density at radius 1 is 1.00 bits per heavy atom. The van der Waals surface area contributed by atoms with Gasteiger partial charge in [-0.1, -0.05) is 6.04 Å². The van der Waals surface area contributed by atoms with Crippen LogP contribution in [0.4, 0.5) is 8.78 Å². The minimum absolute atomic E-state index is 0.0780. The van der Waals surface area contributed by atoms with Gasteiger partial charge in [-0.15, -0.1) is 0 Å². The maximum Gasteiger partial charge on any atom is 0.399 e. The number of alkyl halides is 2. The van der Waals surface area contributed by atoms with Gasteiger partial charge in [0.2, 0.25) is 0 Å². The Balaban J connectivity index is 4.37. The Morgan fingerprint density at radius 2 is 1.50 bits per heavy atom. The van der Waals surface area contributed by atoms with E-state index in [0.29, 0.717) is 19.3 Å². The minimum Gasteiger partial charge on any atom is -0.357 e. The van der Waals surface area contributed by atoms with E-state index in [1.54, 1.807) is 0 Å². The summed E-state index contributed by atoms with van der Waals surface area (Å²) in [6.07, 6.45) is -0.339. The van der Waals surface area contributed by atoms with Gasteiger partial charge < -0.3 is 18.5 Å². The third-order valence-corrected chi connectivity index (χ3v) is 6.13. The molecule has 0 spiro atoms. The molecule has 22 heavy (non-hydrogen) atoms. The lowest BCUT2D eigenvalue weighted by Gasteiger charge is -2.25. The van der Waals surface area contributed by atoms with Crippen molar-refractivity contribution in [3.63, 3.8) is 0 Å². The van der Waals surface area contributed by atoms with Gasteiger partial charge in [-0.2, -0.15) is 8.78 Å². The van der Waals surface area contributed by atoms with Crippen molar-refractivity contribution in [2.75, 3.05) is 26.4 Å². The average molecular weight is 360 g/mol. The van der Waals surface area contributed by atoms with Crippen LogP contribution in [0.5, 0.6) is 0 Å². The van der Waals surface area contributed by atoms with Gasteiger partial charge in [-0.3, -0.25) is 4.57 Å². The molecule has 132 valence electrons. The lowest BCUT2D eigenvalue weighted by molar-refractivity contribution is -0.0828. The second kappa shape index (κ2) is 11.6. The number of halogens is 2. The second-order valence-electron chi connectivity index (χ2n) is 4.30. The van der Waals surface area contributed by atoms with Crippen LogP contribution in [0.3, 0.4) is 0 Å². The summed E-state index contributed by atoms with van der Waals surface area (Å²) in [5.74, 6) is -0.353. The topological polar surface area (TPSA) is 54.0 Å². The summed E-state index contributed by atoms with van der Waals surface area (Å²) in [5, 5.41) is 0. The van der Waals surface area contributed by atoms with Crippen LogP contribution in [-0.4, -0.2) is 47.5 Å². The molecule has 0 heterocycles. The number of rotatable bonds is 14. The smallest absolute Gasteiger partial charge is 0.357 e. The van der Waals surface area contributed by atoms with E-state index in [2.05, 4.69) is 0 Å². The van der Waals surface area contributed by atoms with Crippen molar-refractivity contribution >= 4 is 17.1 Å². The Hall–Kier alpha value is 0.147. The first-order valence-corrected chi connectivity index (χ1v) is 10.4. The summed E-state index contributed by atoms with van der Waals surface area (Å²) < 4.78 is 60.5. The van der Waals surface area contributed by atoms with Crippen molar-refractivity contribution in [2.24, 2.45) is 0 Å². The van der Waals surface area contributed by atoms with Crippen LogP contribution in [-0.2, 0) is 23.1 Å². The zero-order valence-corrected chi connectivity index (χ0v) is 15.7. The van der Waals surface area contributed by atoms with Crippen LogP contribution < -0.4 is 0 Å². The van der Waals surface area contributed by atoms with Gasteiger partial charge in [0.25, 0.3) is 0 Å². The predicted octanol–water partition coefficient (Wildman–Crippen LogP) is 4.10. The van der Waals surface area contributed by atoms with Gasteiger partial charge in [0.05, 0.1) is 13.2 Å². The molecule has 0 saturated carbocycles. The van der Waals surface area contributed by atoms with Crippen molar-refractivity contribution < 1.29 is 31.9 Å². The molecule has 0 unspecified atom stereocenters. The fourth-order valence-electron chi connectivity index (χ4n) is 1.69. The fourth-order valence-corrected chi connectivity index (χ4v) is 4.44. The molecule has 5 nitrogen and oxygen atoms in total. The average Bonchev–Trinajstić information content (AvgIpc) is 2.44. The van der Waals surface area contributed by atoms with E-state index >= 15 is 0 Å². The molecule has 0 saturated heterocycles. The normalized spacial score (nSPS) is 13.0. The summed E-state index contributed by atoms with van der Waals surface area (Å²) in [6.45, 7) is 7.60. The van der Waals surface area contributed by atoms with E-state index in [1.807, 2.05) is 13.8 Å². The molecule has 0 bridgehead atoms. The van der Waals surface area contributed by atoms with E-state index in [9.17, 15) is 13.3 Å². The highest BCUT2D eigenvalue weighted by molar-refractivity contribution is 7.55. The zero-order valence-electron chi connectivity index (χ0n) is 13.8. The quantitative estimate of drug-likeness (QED) is 0.202. The summed E-state index contributed by atoms with van der Waals surface area (Å²) in [5.41, 5.74) is -3.48. The highest BCUT2D eigenvalue weighted by Gasteiger charge is 2.52. The van der Waals surface area contributed by atoms with Gasteiger partial charge in [0.1, 0.15) is 15.4 Å². The molecule has 0 aromatic rings. The fraction of sp³-hybridized carbons (Fsp3) is 1.00. The molecular formula is C13H27F2O5PSi. The van der Waals surface area contributed by atoms with Gasteiger partial charge >= 0.3 is 13.3 Å². The summed E-state index contributed by atoms with van der Waals surface area (Å²) in [4.78, 5) is 0. The van der Waals surface area contributed by atoms with E-state index in [1.165, 1.54) is 13.8 Å². The van der Waals surface area contributed by atoms with Crippen molar-refractivity contribution in [3.05, 3.63) is 0 Å². The van der Waals surface area contributed by atoms with Gasteiger partial charge in [-0.25, -0.2) is 0 Å². The molecule has 0 aliphatic heterocycles. The number of ether oxygens (including phenoxy) is 2. The first-order valence-electron chi connectivity index (χ1n) is 7.60. The van der Waals surface area contributed by atoms with Crippen molar-refractivity contribution in [2.45, 2.75) is 58.2 Å². The van der Waals surface area contributed by atoms with Crippen LogP contribution in [0, 0.1) is 0 Å².